The van der Waals surface area contributed by atoms with Gasteiger partial charge in [-0.15, -0.1) is 0 Å². The molecule has 5 heteroatoms. The van der Waals surface area contributed by atoms with Crippen LogP contribution < -0.4 is 5.32 Å². The van der Waals surface area contributed by atoms with Gasteiger partial charge in [-0.25, -0.2) is 4.79 Å². The van der Waals surface area contributed by atoms with Crippen LogP contribution in [0.5, 0.6) is 0 Å². The molecule has 186 valence electrons. The Bertz CT molecular complexity index is 1100. The number of nitrogens with one attached hydrogen (secondary N) is 1. The van der Waals surface area contributed by atoms with Gasteiger partial charge < -0.3 is 19.9 Å². The van der Waals surface area contributed by atoms with E-state index in [2.05, 4.69) is 41.7 Å². The van der Waals surface area contributed by atoms with Crippen molar-refractivity contribution < 1.29 is 19.4 Å². The lowest BCUT2D eigenvalue weighted by molar-refractivity contribution is 0.137. The average molecular weight is 476 g/mol. The number of unbranched alkanes of at least 4 members (excludes halogenated alkanes) is 1. The minimum Gasteiger partial charge on any atom is -0.445 e. The van der Waals surface area contributed by atoms with Crippen molar-refractivity contribution in [1.29, 1.82) is 0 Å². The maximum absolute atomic E-state index is 12.2. The van der Waals surface area contributed by atoms with Crippen LogP contribution in [-0.4, -0.2) is 37.1 Å². The number of alkyl carbamates (subject to hydrolysis) is 1. The number of benzene rings is 3. The van der Waals surface area contributed by atoms with Crippen molar-refractivity contribution >= 4 is 27.6 Å². The first kappa shape index (κ1) is 26.5. The number of fused-ring (bicyclic) bond motifs is 2. The molecule has 0 aromatic heterocycles. The Morgan fingerprint density at radius 1 is 1.00 bits per heavy atom. The van der Waals surface area contributed by atoms with Gasteiger partial charge in [0.05, 0.1) is 12.7 Å². The molecule has 2 N–H and O–H groups in total. The Kier molecular flexibility index (Phi) is 10.8. The minimum absolute atomic E-state index is 0.227. The van der Waals surface area contributed by atoms with E-state index >= 15 is 0 Å². The van der Waals surface area contributed by atoms with Gasteiger partial charge in [0.1, 0.15) is 6.61 Å². The Labute approximate surface area is 208 Å². The van der Waals surface area contributed by atoms with Gasteiger partial charge in [0, 0.05) is 18.7 Å². The van der Waals surface area contributed by atoms with Crippen LogP contribution in [0.2, 0.25) is 0 Å². The zero-order valence-electron chi connectivity index (χ0n) is 20.8. The molecule has 1 unspecified atom stereocenters. The Morgan fingerprint density at radius 2 is 1.69 bits per heavy atom. The van der Waals surface area contributed by atoms with E-state index < -0.39 is 6.09 Å². The first-order valence-electron chi connectivity index (χ1n) is 12.6. The van der Waals surface area contributed by atoms with Gasteiger partial charge in [-0.3, -0.25) is 0 Å². The molecule has 0 aliphatic heterocycles. The van der Waals surface area contributed by atoms with E-state index in [0.29, 0.717) is 19.8 Å². The highest BCUT2D eigenvalue weighted by Crippen LogP contribution is 2.29. The zero-order chi connectivity index (χ0) is 24.9. The van der Waals surface area contributed by atoms with Crippen molar-refractivity contribution in [2.45, 2.75) is 52.2 Å². The third-order valence-corrected chi connectivity index (χ3v) is 5.85. The van der Waals surface area contributed by atoms with E-state index in [4.69, 9.17) is 9.47 Å². The van der Waals surface area contributed by atoms with Crippen LogP contribution in [0.25, 0.3) is 21.5 Å². The Balaban J connectivity index is 0.00000167. The lowest BCUT2D eigenvalue weighted by Gasteiger charge is -2.13. The maximum Gasteiger partial charge on any atom is 0.407 e. The summed E-state index contributed by atoms with van der Waals surface area (Å²) in [6.07, 6.45) is 8.46. The number of rotatable bonds is 9. The van der Waals surface area contributed by atoms with Gasteiger partial charge in [-0.1, -0.05) is 80.6 Å². The molecule has 5 nitrogen and oxygen atoms in total. The molecule has 0 saturated carbocycles. The molecule has 0 spiro atoms. The normalized spacial score (nSPS) is 15.2. The predicted molar refractivity (Wildman–Crippen MR) is 144 cm³/mol. The first-order valence-corrected chi connectivity index (χ1v) is 12.6. The van der Waals surface area contributed by atoms with E-state index in [-0.39, 0.29) is 12.7 Å². The molecule has 1 amide bonds. The fraction of sp³-hybridized carbons (Fsp3) is 0.367. The van der Waals surface area contributed by atoms with Crippen LogP contribution in [0, 0.1) is 0 Å². The molecular weight excluding hydrogens is 438 g/mol. The monoisotopic (exact) mass is 475 g/mol. The smallest absolute Gasteiger partial charge is 0.407 e. The summed E-state index contributed by atoms with van der Waals surface area (Å²) in [5, 5.41) is 17.1. The van der Waals surface area contributed by atoms with Crippen LogP contribution in [-0.2, 0) is 16.1 Å². The number of aliphatic hydroxyl groups excluding tert-OH is 1. The Morgan fingerprint density at radius 3 is 2.40 bits per heavy atom. The Hall–Kier alpha value is -3.15. The summed E-state index contributed by atoms with van der Waals surface area (Å²) in [6.45, 7) is 5.88. The number of carbonyl (C=O) groups excluding carboxylic acids is 1. The summed E-state index contributed by atoms with van der Waals surface area (Å²) >= 11 is 0. The summed E-state index contributed by atoms with van der Waals surface area (Å²) in [7, 11) is 0. The van der Waals surface area contributed by atoms with E-state index in [0.717, 1.165) is 58.4 Å². The van der Waals surface area contributed by atoms with Crippen LogP contribution in [0.4, 0.5) is 4.79 Å². The molecule has 4 rings (SSSR count). The van der Waals surface area contributed by atoms with E-state index in [1.807, 2.05) is 50.3 Å². The highest BCUT2D eigenvalue weighted by atomic mass is 16.5. The molecule has 3 aromatic rings. The fourth-order valence-corrected chi connectivity index (χ4v) is 4.15. The van der Waals surface area contributed by atoms with Crippen molar-refractivity contribution in [3.63, 3.8) is 0 Å². The summed E-state index contributed by atoms with van der Waals surface area (Å²) in [6, 6.07) is 18.5. The molecule has 3 aromatic carbocycles. The number of carbonyl (C=O) groups is 1. The summed E-state index contributed by atoms with van der Waals surface area (Å²) in [4.78, 5) is 12.2. The highest BCUT2D eigenvalue weighted by Gasteiger charge is 2.10. The van der Waals surface area contributed by atoms with Gasteiger partial charge >= 0.3 is 6.09 Å². The topological polar surface area (TPSA) is 67.8 Å². The van der Waals surface area contributed by atoms with E-state index in [1.165, 1.54) is 0 Å². The minimum atomic E-state index is -0.407. The maximum atomic E-state index is 12.2. The number of hydrogen-bond acceptors (Lipinski definition) is 4. The molecule has 1 aliphatic carbocycles. The molecule has 0 fully saturated rings. The van der Waals surface area contributed by atoms with Crippen molar-refractivity contribution in [3.05, 3.63) is 84.0 Å². The zero-order valence-corrected chi connectivity index (χ0v) is 20.8. The SMILES string of the molecule is CC.O=C(NCCCCOCC1=CC(O)CCC=C1)OCc1c2ccccc2cc2ccccc12. The number of hydrogen-bond donors (Lipinski definition) is 2. The predicted octanol–water partition coefficient (Wildman–Crippen LogP) is 6.68. The van der Waals surface area contributed by atoms with Crippen LogP contribution in [0.3, 0.4) is 0 Å². The molecule has 1 atom stereocenters. The second kappa shape index (κ2) is 14.3. The van der Waals surface area contributed by atoms with E-state index in [9.17, 15) is 9.90 Å². The quantitative estimate of drug-likeness (QED) is 0.268. The summed E-state index contributed by atoms with van der Waals surface area (Å²) in [5.41, 5.74) is 2.04. The average Bonchev–Trinajstić information content (AvgIpc) is 3.10. The standard InChI is InChI=1S/C28H31NO4.C2H6/c30-24-12-4-1-9-21(17-24)19-32-16-8-7-15-29-28(31)33-20-27-25-13-5-2-10-22(25)18-23-11-3-6-14-26(23)27;1-2/h1-3,5-6,9-11,13-14,17-18,24,30H,4,7-8,12,15-16,19-20H2,(H,29,31);1-2H3. The number of ether oxygens (including phenoxy) is 2. The number of aliphatic hydroxyl groups is 1. The first-order chi connectivity index (χ1) is 17.2. The second-order valence-electron chi connectivity index (χ2n) is 8.35. The van der Waals surface area contributed by atoms with E-state index in [1.54, 1.807) is 0 Å². The van der Waals surface area contributed by atoms with Gasteiger partial charge in [0.25, 0.3) is 0 Å². The van der Waals surface area contributed by atoms with Crippen molar-refractivity contribution in [1.82, 2.24) is 5.32 Å². The largest absolute Gasteiger partial charge is 0.445 e. The van der Waals surface area contributed by atoms with Gasteiger partial charge in [0.15, 0.2) is 0 Å². The fourth-order valence-electron chi connectivity index (χ4n) is 4.15. The second-order valence-corrected chi connectivity index (χ2v) is 8.35. The molecule has 0 bridgehead atoms. The van der Waals surface area contributed by atoms with Crippen LogP contribution in [0.15, 0.2) is 78.4 Å². The molecule has 1 aliphatic rings. The lowest BCUT2D eigenvalue weighted by atomic mass is 9.97. The summed E-state index contributed by atoms with van der Waals surface area (Å²) < 4.78 is 11.2. The number of allylic oxidation sites excluding steroid dienone is 1. The van der Waals surface area contributed by atoms with Crippen LogP contribution in [0.1, 0.15) is 45.1 Å². The van der Waals surface area contributed by atoms with Crippen molar-refractivity contribution in [2.24, 2.45) is 0 Å². The summed E-state index contributed by atoms with van der Waals surface area (Å²) in [5.74, 6) is 0. The molecule has 0 radical (unpaired) electrons. The van der Waals surface area contributed by atoms with Gasteiger partial charge in [-0.05, 0) is 58.9 Å². The molecule has 0 heterocycles. The molecular formula is C30H37NO4. The van der Waals surface area contributed by atoms with Crippen molar-refractivity contribution in [2.75, 3.05) is 19.8 Å². The lowest BCUT2D eigenvalue weighted by Crippen LogP contribution is -2.25. The third kappa shape index (κ3) is 7.94. The number of amides is 1. The molecule has 0 saturated heterocycles. The third-order valence-electron chi connectivity index (χ3n) is 5.85. The molecule has 35 heavy (non-hydrogen) atoms. The van der Waals surface area contributed by atoms with Crippen LogP contribution >= 0.6 is 0 Å². The van der Waals surface area contributed by atoms with Gasteiger partial charge in [0.2, 0.25) is 0 Å². The highest BCUT2D eigenvalue weighted by molar-refractivity contribution is 6.02. The van der Waals surface area contributed by atoms with Gasteiger partial charge in [-0.2, -0.15) is 0 Å². The van der Waals surface area contributed by atoms with Crippen molar-refractivity contribution in [3.8, 4) is 0 Å².